The van der Waals surface area contributed by atoms with Crippen LogP contribution in [0.2, 0.25) is 0 Å². The summed E-state index contributed by atoms with van der Waals surface area (Å²) in [6.45, 7) is 11.7. The molecule has 7 nitrogen and oxygen atoms in total. The average molecular weight is 596 g/mol. The minimum Gasteiger partial charge on any atom is -0.491 e. The molecule has 1 aromatic heterocycles. The van der Waals surface area contributed by atoms with Crippen molar-refractivity contribution < 1.29 is 14.2 Å². The summed E-state index contributed by atoms with van der Waals surface area (Å²) in [4.78, 5) is 6.59. The van der Waals surface area contributed by atoms with E-state index in [0.29, 0.717) is 31.2 Å². The molecule has 0 N–H and O–H groups in total. The highest BCUT2D eigenvalue weighted by molar-refractivity contribution is 7.97. The Hall–Kier alpha value is -1.68. The first-order chi connectivity index (χ1) is 19.0. The van der Waals surface area contributed by atoms with Crippen molar-refractivity contribution in [2.75, 3.05) is 50.0 Å². The van der Waals surface area contributed by atoms with Gasteiger partial charge in [-0.25, -0.2) is 9.29 Å². The summed E-state index contributed by atoms with van der Waals surface area (Å²) >= 11 is 14.9. The number of nitrogens with zero attached hydrogens (tertiary/aromatic N) is 4. The second-order valence-electron chi connectivity index (χ2n) is 9.49. The maximum Gasteiger partial charge on any atom is 0.215 e. The second kappa shape index (κ2) is 14.8. The van der Waals surface area contributed by atoms with Gasteiger partial charge >= 0.3 is 0 Å². The normalized spacial score (nSPS) is 25.5. The van der Waals surface area contributed by atoms with E-state index in [0.717, 1.165) is 37.5 Å². The molecule has 0 amide bonds. The zero-order valence-electron chi connectivity index (χ0n) is 23.1. The Labute approximate surface area is 247 Å². The van der Waals surface area contributed by atoms with Gasteiger partial charge in [-0.15, -0.1) is 11.6 Å². The van der Waals surface area contributed by atoms with E-state index in [1.165, 1.54) is 17.9 Å². The highest BCUT2D eigenvalue weighted by Gasteiger charge is 2.46. The Morgan fingerprint density at radius 3 is 2.59 bits per heavy atom. The predicted molar refractivity (Wildman–Crippen MR) is 162 cm³/mol. The van der Waals surface area contributed by atoms with Crippen LogP contribution >= 0.6 is 35.1 Å². The maximum absolute atomic E-state index is 6.64. The van der Waals surface area contributed by atoms with Crippen LogP contribution in [0.3, 0.4) is 0 Å². The number of allylic oxidation sites excluding steroid dienone is 2. The van der Waals surface area contributed by atoms with E-state index in [1.54, 1.807) is 12.5 Å². The van der Waals surface area contributed by atoms with Gasteiger partial charge in [0, 0.05) is 67.0 Å². The molecule has 1 aliphatic carbocycles. The second-order valence-corrected chi connectivity index (χ2v) is 11.7. The number of ether oxygens (including phenoxy) is 3. The van der Waals surface area contributed by atoms with Crippen molar-refractivity contribution in [1.82, 2.24) is 13.9 Å². The minimum absolute atomic E-state index is 0.131. The summed E-state index contributed by atoms with van der Waals surface area (Å²) in [5.41, 5.74) is 2.04. The number of halogens is 2. The molecule has 2 saturated heterocycles. The molecule has 3 aliphatic rings. The van der Waals surface area contributed by atoms with Crippen LogP contribution < -0.4 is 9.64 Å². The van der Waals surface area contributed by atoms with Crippen molar-refractivity contribution in [2.45, 2.75) is 57.4 Å². The van der Waals surface area contributed by atoms with Gasteiger partial charge in [0.15, 0.2) is 0 Å². The number of aromatic nitrogens is 2. The van der Waals surface area contributed by atoms with E-state index < -0.39 is 5.79 Å². The van der Waals surface area contributed by atoms with E-state index in [1.807, 2.05) is 60.8 Å². The first-order valence-corrected chi connectivity index (χ1v) is 15.6. The molecule has 2 fully saturated rings. The standard InChI is InChI=1S/C27H34Cl2N4O3S.C2H6/c1-2-15-37-33-13-11-32(12-14-33)22-4-6-23(7-5-22)34-17-24-18-35-27(36-24,19-31-10-9-30-20-31)25-8-3-21(28)16-26(25)29;1-2/h3-10,20-21,24H,2,11-19H2,1H3;1-2H3/t21?,24?,27-;/m1./s1. The molecule has 2 aliphatic heterocycles. The van der Waals surface area contributed by atoms with Gasteiger partial charge in [-0.3, -0.25) is 0 Å². The molecule has 0 saturated carbocycles. The Bertz CT molecular complexity index is 1070. The van der Waals surface area contributed by atoms with Gasteiger partial charge in [0.05, 0.1) is 24.9 Å². The zero-order chi connectivity index (χ0) is 27.7. The molecule has 39 heavy (non-hydrogen) atoms. The number of alkyl halides is 1. The van der Waals surface area contributed by atoms with Gasteiger partial charge in [-0.05, 0) is 30.7 Å². The first kappa shape index (κ1) is 30.3. The van der Waals surface area contributed by atoms with Crippen molar-refractivity contribution in [3.8, 4) is 5.75 Å². The summed E-state index contributed by atoms with van der Waals surface area (Å²) in [6, 6.07) is 8.34. The average Bonchev–Trinajstić information content (AvgIpc) is 3.63. The third-order valence-corrected chi connectivity index (χ3v) is 8.69. The van der Waals surface area contributed by atoms with Crippen molar-refractivity contribution >= 4 is 40.8 Å². The summed E-state index contributed by atoms with van der Waals surface area (Å²) in [7, 11) is 0. The van der Waals surface area contributed by atoms with Gasteiger partial charge in [-0.2, -0.15) is 0 Å². The van der Waals surface area contributed by atoms with Crippen LogP contribution in [0.1, 0.15) is 33.6 Å². The fourth-order valence-corrected chi connectivity index (χ4v) is 6.33. The molecule has 3 atom stereocenters. The van der Waals surface area contributed by atoms with E-state index in [4.69, 9.17) is 37.4 Å². The van der Waals surface area contributed by atoms with E-state index >= 15 is 0 Å². The summed E-state index contributed by atoms with van der Waals surface area (Å²) in [5.74, 6) is 0.999. The molecule has 5 rings (SSSR count). The lowest BCUT2D eigenvalue weighted by Gasteiger charge is -2.35. The SMILES string of the molecule is CC.CCCSN1CCN(c2ccc(OCC3CO[C@@](Cn4ccnc4)(C4=C(Cl)CC(Cl)C=C4)O3)cc2)CC1. The number of piperazine rings is 1. The van der Waals surface area contributed by atoms with Crippen molar-refractivity contribution in [3.63, 3.8) is 0 Å². The monoisotopic (exact) mass is 594 g/mol. The zero-order valence-corrected chi connectivity index (χ0v) is 25.4. The van der Waals surface area contributed by atoms with Crippen LogP contribution in [0.15, 0.2) is 65.7 Å². The van der Waals surface area contributed by atoms with Gasteiger partial charge in [0.2, 0.25) is 5.79 Å². The number of hydrogen-bond donors (Lipinski definition) is 0. The van der Waals surface area contributed by atoms with Crippen molar-refractivity contribution in [3.05, 3.63) is 65.7 Å². The molecule has 0 bridgehead atoms. The lowest BCUT2D eigenvalue weighted by molar-refractivity contribution is -0.149. The summed E-state index contributed by atoms with van der Waals surface area (Å²) < 4.78 is 23.3. The van der Waals surface area contributed by atoms with Crippen LogP contribution in [-0.4, -0.2) is 76.3 Å². The fraction of sp³-hybridized carbons (Fsp3) is 0.552. The fourth-order valence-electron chi connectivity index (χ4n) is 4.79. The Balaban J connectivity index is 0.00000172. The topological polar surface area (TPSA) is 52.0 Å². The number of hydrogen-bond acceptors (Lipinski definition) is 7. The number of rotatable bonds is 10. The minimum atomic E-state index is -1.01. The largest absolute Gasteiger partial charge is 0.491 e. The summed E-state index contributed by atoms with van der Waals surface area (Å²) in [5, 5.41) is 0.526. The molecule has 0 radical (unpaired) electrons. The molecule has 1 aromatic carbocycles. The smallest absolute Gasteiger partial charge is 0.215 e. The third kappa shape index (κ3) is 7.96. The molecule has 0 spiro atoms. The maximum atomic E-state index is 6.64. The van der Waals surface area contributed by atoms with E-state index in [2.05, 4.69) is 33.2 Å². The Morgan fingerprint density at radius 2 is 1.92 bits per heavy atom. The molecule has 2 aromatic rings. The number of anilines is 1. The van der Waals surface area contributed by atoms with Crippen molar-refractivity contribution in [1.29, 1.82) is 0 Å². The van der Waals surface area contributed by atoms with Gasteiger partial charge in [-0.1, -0.05) is 56.5 Å². The predicted octanol–water partition coefficient (Wildman–Crippen LogP) is 6.34. The Kier molecular flexibility index (Phi) is 11.5. The Morgan fingerprint density at radius 1 is 1.15 bits per heavy atom. The van der Waals surface area contributed by atoms with Gasteiger partial charge in [0.25, 0.3) is 0 Å². The quantitative estimate of drug-likeness (QED) is 0.235. The van der Waals surface area contributed by atoms with E-state index in [9.17, 15) is 0 Å². The third-order valence-electron chi connectivity index (χ3n) is 6.71. The molecular weight excluding hydrogens is 555 g/mol. The van der Waals surface area contributed by atoms with Crippen LogP contribution in [-0.2, 0) is 16.0 Å². The molecule has 10 heteroatoms. The molecule has 2 unspecified atom stereocenters. The summed E-state index contributed by atoms with van der Waals surface area (Å²) in [6.07, 6.45) is 10.7. The number of benzene rings is 1. The molecule has 3 heterocycles. The van der Waals surface area contributed by atoms with Gasteiger partial charge in [0.1, 0.15) is 18.5 Å². The molecular formula is C29H40Cl2N4O3S. The molecule has 214 valence electrons. The van der Waals surface area contributed by atoms with Crippen LogP contribution in [0.5, 0.6) is 5.75 Å². The van der Waals surface area contributed by atoms with Crippen LogP contribution in [0, 0.1) is 0 Å². The van der Waals surface area contributed by atoms with Crippen LogP contribution in [0.25, 0.3) is 0 Å². The lowest BCUT2D eigenvalue weighted by atomic mass is 9.98. The van der Waals surface area contributed by atoms with Crippen molar-refractivity contribution in [2.24, 2.45) is 0 Å². The first-order valence-electron chi connectivity index (χ1n) is 13.9. The number of imidazole rings is 1. The van der Waals surface area contributed by atoms with Crippen LogP contribution in [0.4, 0.5) is 5.69 Å². The van der Waals surface area contributed by atoms with Gasteiger partial charge < -0.3 is 23.7 Å². The highest BCUT2D eigenvalue weighted by Crippen LogP contribution is 2.40. The van der Waals surface area contributed by atoms with E-state index in [-0.39, 0.29) is 11.5 Å². The lowest BCUT2D eigenvalue weighted by Crippen LogP contribution is -2.43. The highest BCUT2D eigenvalue weighted by atomic mass is 35.5.